The van der Waals surface area contributed by atoms with Gasteiger partial charge in [0, 0.05) is 34.9 Å². The maximum absolute atomic E-state index is 14.4. The van der Waals surface area contributed by atoms with Crippen LogP contribution in [0.25, 0.3) is 0 Å². The molecule has 0 bridgehead atoms. The number of aryl methyl sites for hydroxylation is 1. The molecule has 2 N–H and O–H groups in total. The van der Waals surface area contributed by atoms with Crippen molar-refractivity contribution in [1.29, 1.82) is 0 Å². The summed E-state index contributed by atoms with van der Waals surface area (Å²) in [5.74, 6) is -7.26. The molecule has 1 aromatic heterocycles. The number of nitrogens with one attached hydrogen (secondary N) is 1. The molecule has 1 aliphatic rings. The summed E-state index contributed by atoms with van der Waals surface area (Å²) in [6.07, 6.45) is -6.31. The largest absolute Gasteiger partial charge is 0.493 e. The van der Waals surface area contributed by atoms with Gasteiger partial charge in [-0.3, -0.25) is 4.79 Å². The molecule has 1 aliphatic heterocycles. The second-order valence-electron chi connectivity index (χ2n) is 7.84. The molecule has 6 nitrogen and oxygen atoms in total. The number of benzene rings is 1. The molecule has 0 radical (unpaired) electrons. The van der Waals surface area contributed by atoms with Crippen molar-refractivity contribution in [2.24, 2.45) is 5.92 Å². The first-order valence-corrected chi connectivity index (χ1v) is 9.48. The van der Waals surface area contributed by atoms with Crippen molar-refractivity contribution in [1.82, 2.24) is 4.98 Å². The Hall–Kier alpha value is -2.95. The molecule has 0 amide bonds. The summed E-state index contributed by atoms with van der Waals surface area (Å²) in [4.78, 5) is 26.3. The van der Waals surface area contributed by atoms with Crippen molar-refractivity contribution in [3.63, 3.8) is 0 Å². The normalized spacial score (nSPS) is 25.7. The summed E-state index contributed by atoms with van der Waals surface area (Å²) in [5, 5.41) is 9.20. The van der Waals surface area contributed by atoms with E-state index in [2.05, 4.69) is 4.98 Å². The van der Waals surface area contributed by atoms with E-state index in [0.29, 0.717) is 0 Å². The first-order chi connectivity index (χ1) is 14.7. The van der Waals surface area contributed by atoms with Crippen LogP contribution in [0.3, 0.4) is 0 Å². The van der Waals surface area contributed by atoms with Crippen LogP contribution in [0, 0.1) is 24.5 Å². The zero-order valence-corrected chi connectivity index (χ0v) is 17.4. The highest BCUT2D eigenvalue weighted by atomic mass is 19.4. The Bertz CT molecular complexity index is 1130. The number of halogens is 5. The van der Waals surface area contributed by atoms with Crippen molar-refractivity contribution >= 4 is 5.97 Å². The molecule has 1 aromatic carbocycles. The summed E-state index contributed by atoms with van der Waals surface area (Å²) in [6, 6.07) is 2.71. The minimum absolute atomic E-state index is 0.0855. The van der Waals surface area contributed by atoms with Crippen molar-refractivity contribution in [2.75, 3.05) is 7.11 Å². The van der Waals surface area contributed by atoms with Crippen LogP contribution < -0.4 is 10.2 Å². The lowest BCUT2D eigenvalue weighted by Crippen LogP contribution is -2.46. The van der Waals surface area contributed by atoms with Crippen molar-refractivity contribution in [3.05, 3.63) is 62.6 Å². The number of aromatic carboxylic acids is 1. The van der Waals surface area contributed by atoms with E-state index in [4.69, 9.17) is 9.47 Å². The third-order valence-corrected chi connectivity index (χ3v) is 6.07. The van der Waals surface area contributed by atoms with Gasteiger partial charge >= 0.3 is 12.1 Å². The lowest BCUT2D eigenvalue weighted by atomic mass is 9.76. The molecule has 1 fully saturated rings. The molecule has 3 rings (SSSR count). The Labute approximate surface area is 179 Å². The number of pyridine rings is 1. The summed E-state index contributed by atoms with van der Waals surface area (Å²) in [5.41, 5.74) is -4.52. The number of hydrogen-bond acceptors (Lipinski definition) is 4. The highest BCUT2D eigenvalue weighted by Crippen LogP contribution is 2.59. The van der Waals surface area contributed by atoms with E-state index < -0.39 is 64.1 Å². The van der Waals surface area contributed by atoms with Crippen molar-refractivity contribution in [3.8, 4) is 5.75 Å². The van der Waals surface area contributed by atoms with Crippen LogP contribution in [0.5, 0.6) is 5.75 Å². The molecule has 174 valence electrons. The molecule has 4 atom stereocenters. The molecule has 32 heavy (non-hydrogen) atoms. The van der Waals surface area contributed by atoms with E-state index in [1.165, 1.54) is 13.8 Å². The lowest BCUT2D eigenvalue weighted by molar-refractivity contribution is -0.275. The second-order valence-corrected chi connectivity index (χ2v) is 7.84. The SMILES string of the molecule is COc1c([C@H]2[C@H](c3cc(=O)c(C(=O)O)c(C)[nH]3)O[C@@](C)(C(F)(F)F)[C@H]2C)ccc(F)c1F. The highest BCUT2D eigenvalue weighted by Gasteiger charge is 2.65. The van der Waals surface area contributed by atoms with E-state index in [9.17, 15) is 36.6 Å². The van der Waals surface area contributed by atoms with Crippen molar-refractivity contribution in [2.45, 2.75) is 44.6 Å². The number of carboxylic acids is 1. The van der Waals surface area contributed by atoms with Crippen LogP contribution in [0.15, 0.2) is 23.0 Å². The molecule has 11 heteroatoms. The fourth-order valence-corrected chi connectivity index (χ4v) is 4.21. The fourth-order valence-electron chi connectivity index (χ4n) is 4.21. The van der Waals surface area contributed by atoms with Gasteiger partial charge in [-0.2, -0.15) is 17.6 Å². The first-order valence-electron chi connectivity index (χ1n) is 9.48. The summed E-state index contributed by atoms with van der Waals surface area (Å²) in [6.45, 7) is 3.35. The Balaban J connectivity index is 2.28. The first kappa shape index (κ1) is 23.7. The average molecular weight is 461 g/mol. The van der Waals surface area contributed by atoms with E-state index in [1.54, 1.807) is 0 Å². The number of hydrogen-bond donors (Lipinski definition) is 2. The van der Waals surface area contributed by atoms with Gasteiger partial charge in [-0.05, 0) is 19.9 Å². The van der Waals surface area contributed by atoms with Gasteiger partial charge < -0.3 is 19.6 Å². The molecular weight excluding hydrogens is 441 g/mol. The second kappa shape index (κ2) is 7.88. The number of alkyl halides is 3. The maximum Gasteiger partial charge on any atom is 0.417 e. The van der Waals surface area contributed by atoms with Gasteiger partial charge in [-0.1, -0.05) is 13.0 Å². The summed E-state index contributed by atoms with van der Waals surface area (Å²) in [7, 11) is 1.05. The predicted octanol–water partition coefficient (Wildman–Crippen LogP) is 4.48. The lowest BCUT2D eigenvalue weighted by Gasteiger charge is -2.32. The minimum Gasteiger partial charge on any atom is -0.493 e. The number of carboxylic acid groups (broad SMARTS) is 1. The fraction of sp³-hybridized carbons (Fsp3) is 0.429. The van der Waals surface area contributed by atoms with Gasteiger partial charge in [0.15, 0.2) is 22.6 Å². The number of aromatic nitrogens is 1. The van der Waals surface area contributed by atoms with Crippen LogP contribution in [-0.2, 0) is 4.74 Å². The summed E-state index contributed by atoms with van der Waals surface area (Å²) < 4.78 is 80.5. The molecule has 0 unspecified atom stereocenters. The number of H-pyrrole nitrogens is 1. The van der Waals surface area contributed by atoms with Gasteiger partial charge in [-0.25, -0.2) is 9.18 Å². The van der Waals surface area contributed by atoms with E-state index in [1.807, 2.05) is 0 Å². The molecule has 1 saturated heterocycles. The third-order valence-electron chi connectivity index (χ3n) is 6.07. The van der Waals surface area contributed by atoms with Crippen LogP contribution in [0.1, 0.15) is 53.2 Å². The van der Waals surface area contributed by atoms with Gasteiger partial charge in [-0.15, -0.1) is 0 Å². The standard InChI is InChI=1S/C21H20F5NO5/c1-8-14(10-5-6-11(22)16(23)17(10)31-4)18(32-20(8,3)21(24,25)26)12-7-13(28)15(19(29)30)9(2)27-12/h5-8,14,18H,1-4H3,(H,27,28)(H,29,30)/t8-,14-,18-,20+/m0/s1. The van der Waals surface area contributed by atoms with E-state index in [-0.39, 0.29) is 17.0 Å². The highest BCUT2D eigenvalue weighted by molar-refractivity contribution is 5.88. The Kier molecular flexibility index (Phi) is 5.83. The molecule has 0 spiro atoms. The number of methoxy groups -OCH3 is 1. The van der Waals surface area contributed by atoms with Gasteiger partial charge in [0.1, 0.15) is 11.7 Å². The molecule has 0 aliphatic carbocycles. The van der Waals surface area contributed by atoms with Crippen LogP contribution in [-0.4, -0.2) is 34.9 Å². The Morgan fingerprint density at radius 2 is 1.91 bits per heavy atom. The monoisotopic (exact) mass is 461 g/mol. The Morgan fingerprint density at radius 1 is 1.28 bits per heavy atom. The third kappa shape index (κ3) is 3.54. The number of carbonyl (C=O) groups is 1. The van der Waals surface area contributed by atoms with E-state index in [0.717, 1.165) is 32.2 Å². The quantitative estimate of drug-likeness (QED) is 0.656. The Morgan fingerprint density at radius 3 is 2.41 bits per heavy atom. The van der Waals surface area contributed by atoms with Gasteiger partial charge in [0.25, 0.3) is 0 Å². The smallest absolute Gasteiger partial charge is 0.417 e. The molecular formula is C21H20F5NO5. The van der Waals surface area contributed by atoms with Gasteiger partial charge in [0.2, 0.25) is 5.82 Å². The summed E-state index contributed by atoms with van der Waals surface area (Å²) >= 11 is 0. The predicted molar refractivity (Wildman–Crippen MR) is 102 cm³/mol. The van der Waals surface area contributed by atoms with Crippen LogP contribution in [0.4, 0.5) is 22.0 Å². The molecule has 2 aromatic rings. The molecule has 0 saturated carbocycles. The number of ether oxygens (including phenoxy) is 2. The zero-order valence-electron chi connectivity index (χ0n) is 17.4. The van der Waals surface area contributed by atoms with Crippen LogP contribution in [0.2, 0.25) is 0 Å². The minimum atomic E-state index is -4.85. The van der Waals surface area contributed by atoms with Crippen LogP contribution >= 0.6 is 0 Å². The number of aromatic amines is 1. The molecule has 2 heterocycles. The van der Waals surface area contributed by atoms with Crippen molar-refractivity contribution < 1.29 is 41.3 Å². The van der Waals surface area contributed by atoms with E-state index >= 15 is 0 Å². The zero-order chi connectivity index (χ0) is 24.2. The maximum atomic E-state index is 14.4. The topological polar surface area (TPSA) is 88.6 Å². The average Bonchev–Trinajstić information content (AvgIpc) is 2.95. The number of rotatable bonds is 4. The van der Waals surface area contributed by atoms with Gasteiger partial charge in [0.05, 0.1) is 7.11 Å².